The lowest BCUT2D eigenvalue weighted by molar-refractivity contribution is -0.129. The minimum Gasteiger partial charge on any atom is -0.335 e. The fourth-order valence-electron chi connectivity index (χ4n) is 2.92. The van der Waals surface area contributed by atoms with E-state index in [4.69, 9.17) is 0 Å². The molecular weight excluding hydrogens is 262 g/mol. The first kappa shape index (κ1) is 13.6. The Hall–Kier alpha value is -2.36. The number of para-hydroxylation sites is 1. The van der Waals surface area contributed by atoms with Crippen molar-refractivity contribution in [2.45, 2.75) is 19.4 Å². The maximum Gasteiger partial charge on any atom is 0.223 e. The third kappa shape index (κ3) is 2.49. The largest absolute Gasteiger partial charge is 0.335 e. The maximum absolute atomic E-state index is 12.2. The summed E-state index contributed by atoms with van der Waals surface area (Å²) in [4.78, 5) is 14.2. The van der Waals surface area contributed by atoms with Gasteiger partial charge in [-0.15, -0.1) is 6.58 Å². The van der Waals surface area contributed by atoms with Gasteiger partial charge in [-0.1, -0.05) is 24.3 Å². The number of aromatic nitrogens is 2. The van der Waals surface area contributed by atoms with Gasteiger partial charge in [-0.3, -0.25) is 4.79 Å². The second kappa shape index (κ2) is 5.56. The lowest BCUT2D eigenvalue weighted by atomic mass is 10.0. The van der Waals surface area contributed by atoms with Gasteiger partial charge < -0.3 is 4.90 Å². The van der Waals surface area contributed by atoms with Crippen molar-refractivity contribution < 1.29 is 4.79 Å². The highest BCUT2D eigenvalue weighted by molar-refractivity contribution is 5.79. The first-order chi connectivity index (χ1) is 10.2. The summed E-state index contributed by atoms with van der Waals surface area (Å²) < 4.78 is 1.84. The SMILES string of the molecule is C=CC1CC(=O)N(C(C)c2ccccc2-n2cccn2)C1. The van der Waals surface area contributed by atoms with Crippen LogP contribution in [0.1, 0.15) is 24.9 Å². The summed E-state index contributed by atoms with van der Waals surface area (Å²) in [6.07, 6.45) is 6.13. The third-order valence-electron chi connectivity index (χ3n) is 4.13. The standard InChI is InChI=1S/C17H19N3O/c1-3-14-11-17(21)19(12-14)13(2)15-7-4-5-8-16(15)20-10-6-9-18-20/h3-10,13-14H,1,11-12H2,2H3. The molecule has 0 bridgehead atoms. The van der Waals surface area contributed by atoms with Crippen LogP contribution in [-0.4, -0.2) is 27.1 Å². The summed E-state index contributed by atoms with van der Waals surface area (Å²) in [5.41, 5.74) is 2.13. The van der Waals surface area contributed by atoms with Gasteiger partial charge >= 0.3 is 0 Å². The molecule has 21 heavy (non-hydrogen) atoms. The van der Waals surface area contributed by atoms with Crippen LogP contribution in [0.5, 0.6) is 0 Å². The molecule has 2 atom stereocenters. The van der Waals surface area contributed by atoms with Crippen LogP contribution >= 0.6 is 0 Å². The minimum atomic E-state index is 0.0304. The molecule has 1 aromatic carbocycles. The lowest BCUT2D eigenvalue weighted by Crippen LogP contribution is -2.29. The van der Waals surface area contributed by atoms with Crippen LogP contribution in [0, 0.1) is 5.92 Å². The van der Waals surface area contributed by atoms with Crippen molar-refractivity contribution in [3.05, 3.63) is 60.9 Å². The second-order valence-corrected chi connectivity index (χ2v) is 5.43. The molecule has 1 fully saturated rings. The van der Waals surface area contributed by atoms with Crippen molar-refractivity contribution in [1.29, 1.82) is 0 Å². The highest BCUT2D eigenvalue weighted by atomic mass is 16.2. The molecule has 1 aliphatic rings. The van der Waals surface area contributed by atoms with Crippen LogP contribution in [0.4, 0.5) is 0 Å². The van der Waals surface area contributed by atoms with E-state index in [9.17, 15) is 4.79 Å². The number of benzene rings is 1. The molecule has 1 saturated heterocycles. The average molecular weight is 281 g/mol. The molecular formula is C17H19N3O. The molecule has 108 valence electrons. The third-order valence-corrected chi connectivity index (χ3v) is 4.13. The van der Waals surface area contributed by atoms with Crippen LogP contribution in [-0.2, 0) is 4.79 Å². The van der Waals surface area contributed by atoms with Crippen molar-refractivity contribution >= 4 is 5.91 Å². The molecule has 2 unspecified atom stereocenters. The van der Waals surface area contributed by atoms with Crippen LogP contribution < -0.4 is 0 Å². The summed E-state index contributed by atoms with van der Waals surface area (Å²) in [6, 6.07) is 10.0. The monoisotopic (exact) mass is 281 g/mol. The number of hydrogen-bond acceptors (Lipinski definition) is 2. The van der Waals surface area contributed by atoms with E-state index in [2.05, 4.69) is 24.7 Å². The molecule has 4 nitrogen and oxygen atoms in total. The number of carbonyl (C=O) groups is 1. The molecule has 0 N–H and O–H groups in total. The second-order valence-electron chi connectivity index (χ2n) is 5.43. The molecule has 3 rings (SSSR count). The van der Waals surface area contributed by atoms with Gasteiger partial charge in [-0.2, -0.15) is 5.10 Å². The molecule has 0 radical (unpaired) electrons. The number of hydrogen-bond donors (Lipinski definition) is 0. The Morgan fingerprint density at radius 1 is 1.38 bits per heavy atom. The highest BCUT2D eigenvalue weighted by Gasteiger charge is 2.32. The van der Waals surface area contributed by atoms with Gasteiger partial charge in [0.05, 0.1) is 11.7 Å². The topological polar surface area (TPSA) is 38.1 Å². The number of carbonyl (C=O) groups excluding carboxylic acids is 1. The average Bonchev–Trinajstić information content (AvgIpc) is 3.16. The van der Waals surface area contributed by atoms with Gasteiger partial charge in [0.25, 0.3) is 0 Å². The molecule has 1 amide bonds. The number of nitrogens with zero attached hydrogens (tertiary/aromatic N) is 3. The van der Waals surface area contributed by atoms with Gasteiger partial charge in [0.2, 0.25) is 5.91 Å². The summed E-state index contributed by atoms with van der Waals surface area (Å²) in [5.74, 6) is 0.458. The Bertz CT molecular complexity index is 648. The van der Waals surface area contributed by atoms with E-state index in [-0.39, 0.29) is 17.9 Å². The first-order valence-corrected chi connectivity index (χ1v) is 7.21. The van der Waals surface area contributed by atoms with E-state index in [1.807, 2.05) is 46.1 Å². The number of amides is 1. The molecule has 2 heterocycles. The Labute approximate surface area is 124 Å². The van der Waals surface area contributed by atoms with Gasteiger partial charge in [0, 0.05) is 36.8 Å². The van der Waals surface area contributed by atoms with Crippen molar-refractivity contribution in [1.82, 2.24) is 14.7 Å². The van der Waals surface area contributed by atoms with Crippen molar-refractivity contribution in [2.24, 2.45) is 5.92 Å². The highest BCUT2D eigenvalue weighted by Crippen LogP contribution is 2.31. The van der Waals surface area contributed by atoms with E-state index in [1.54, 1.807) is 6.20 Å². The summed E-state index contributed by atoms with van der Waals surface area (Å²) in [5, 5.41) is 4.30. The zero-order valence-corrected chi connectivity index (χ0v) is 12.1. The zero-order chi connectivity index (χ0) is 14.8. The lowest BCUT2D eigenvalue weighted by Gasteiger charge is -2.26. The van der Waals surface area contributed by atoms with E-state index >= 15 is 0 Å². The normalized spacial score (nSPS) is 19.8. The van der Waals surface area contributed by atoms with Crippen LogP contribution in [0.2, 0.25) is 0 Å². The van der Waals surface area contributed by atoms with E-state index in [0.717, 1.165) is 17.8 Å². The smallest absolute Gasteiger partial charge is 0.223 e. The van der Waals surface area contributed by atoms with E-state index in [1.165, 1.54) is 0 Å². The molecule has 1 aromatic heterocycles. The molecule has 0 saturated carbocycles. The quantitative estimate of drug-likeness (QED) is 0.808. The minimum absolute atomic E-state index is 0.0304. The zero-order valence-electron chi connectivity index (χ0n) is 12.1. The predicted molar refractivity (Wildman–Crippen MR) is 82.0 cm³/mol. The van der Waals surface area contributed by atoms with E-state index in [0.29, 0.717) is 6.42 Å². The van der Waals surface area contributed by atoms with Crippen molar-refractivity contribution in [3.8, 4) is 5.69 Å². The van der Waals surface area contributed by atoms with Gasteiger partial charge in [0.15, 0.2) is 0 Å². The van der Waals surface area contributed by atoms with E-state index < -0.39 is 0 Å². The fraction of sp³-hybridized carbons (Fsp3) is 0.294. The first-order valence-electron chi connectivity index (χ1n) is 7.21. The van der Waals surface area contributed by atoms with Crippen molar-refractivity contribution in [2.75, 3.05) is 6.54 Å². The molecule has 4 heteroatoms. The summed E-state index contributed by atoms with van der Waals surface area (Å²) in [6.45, 7) is 6.63. The Kier molecular flexibility index (Phi) is 3.60. The van der Waals surface area contributed by atoms with Gasteiger partial charge in [-0.25, -0.2) is 4.68 Å². The Morgan fingerprint density at radius 3 is 2.86 bits per heavy atom. The molecule has 2 aromatic rings. The molecule has 0 aliphatic carbocycles. The fourth-order valence-corrected chi connectivity index (χ4v) is 2.92. The van der Waals surface area contributed by atoms with Gasteiger partial charge in [0.1, 0.15) is 0 Å². The maximum atomic E-state index is 12.2. The van der Waals surface area contributed by atoms with Crippen LogP contribution in [0.25, 0.3) is 5.69 Å². The summed E-state index contributed by atoms with van der Waals surface area (Å²) >= 11 is 0. The Morgan fingerprint density at radius 2 is 2.19 bits per heavy atom. The molecule has 1 aliphatic heterocycles. The van der Waals surface area contributed by atoms with Gasteiger partial charge in [-0.05, 0) is 19.1 Å². The predicted octanol–water partition coefficient (Wildman–Crippen LogP) is 2.97. The number of rotatable bonds is 4. The molecule has 0 spiro atoms. The van der Waals surface area contributed by atoms with Crippen LogP contribution in [0.3, 0.4) is 0 Å². The van der Waals surface area contributed by atoms with Crippen LogP contribution in [0.15, 0.2) is 55.4 Å². The summed E-state index contributed by atoms with van der Waals surface area (Å²) in [7, 11) is 0. The van der Waals surface area contributed by atoms with Crippen molar-refractivity contribution in [3.63, 3.8) is 0 Å². The number of likely N-dealkylation sites (tertiary alicyclic amines) is 1. The Balaban J connectivity index is 1.94.